The van der Waals surface area contributed by atoms with Crippen LogP contribution in [0.1, 0.15) is 51.8 Å². The van der Waals surface area contributed by atoms with Gasteiger partial charge in [-0.1, -0.05) is 6.92 Å². The second-order valence-corrected chi connectivity index (χ2v) is 6.13. The minimum Gasteiger partial charge on any atom is -0.370 e. The second-order valence-electron chi connectivity index (χ2n) is 6.13. The predicted octanol–water partition coefficient (Wildman–Crippen LogP) is 3.24. The van der Waals surface area contributed by atoms with Gasteiger partial charge in [-0.25, -0.2) is 9.97 Å². The average molecular weight is 274 g/mol. The van der Waals surface area contributed by atoms with Crippen LogP contribution in [0, 0.1) is 5.92 Å². The third kappa shape index (κ3) is 3.41. The van der Waals surface area contributed by atoms with Crippen molar-refractivity contribution in [1.82, 2.24) is 9.97 Å². The standard InChI is InChI=1S/C16H26N4/c1-3-5-14-18-15(17-4-2)10-16(19-14)20(13-8-9-13)11-12-6-7-12/h10,12-13H,3-9,11H2,1-2H3,(H,17,18,19). The minimum atomic E-state index is 0.731. The lowest BCUT2D eigenvalue weighted by molar-refractivity contribution is 0.701. The quantitative estimate of drug-likeness (QED) is 0.790. The summed E-state index contributed by atoms with van der Waals surface area (Å²) in [4.78, 5) is 12.0. The average Bonchev–Trinajstić information content (AvgIpc) is 3.29. The van der Waals surface area contributed by atoms with Gasteiger partial charge in [0, 0.05) is 31.6 Å². The first-order valence-corrected chi connectivity index (χ1v) is 8.18. The molecular weight excluding hydrogens is 248 g/mol. The summed E-state index contributed by atoms with van der Waals surface area (Å²) in [5.41, 5.74) is 0. The highest BCUT2D eigenvalue weighted by molar-refractivity contribution is 5.51. The van der Waals surface area contributed by atoms with E-state index in [0.29, 0.717) is 0 Å². The SMILES string of the molecule is CCCc1nc(NCC)cc(N(CC2CC2)C2CC2)n1. The topological polar surface area (TPSA) is 41.1 Å². The van der Waals surface area contributed by atoms with E-state index in [1.807, 2.05) is 0 Å². The first-order valence-electron chi connectivity index (χ1n) is 8.18. The molecule has 1 heterocycles. The molecule has 2 aliphatic rings. The van der Waals surface area contributed by atoms with Gasteiger partial charge in [0.05, 0.1) is 0 Å². The maximum atomic E-state index is 4.82. The fourth-order valence-electron chi connectivity index (χ4n) is 2.63. The number of hydrogen-bond donors (Lipinski definition) is 1. The molecule has 0 unspecified atom stereocenters. The summed E-state index contributed by atoms with van der Waals surface area (Å²) in [6.07, 6.45) is 7.52. The van der Waals surface area contributed by atoms with Gasteiger partial charge in [0.2, 0.25) is 0 Å². The molecule has 1 N–H and O–H groups in total. The Kier molecular flexibility index (Phi) is 4.08. The molecule has 0 saturated heterocycles. The van der Waals surface area contributed by atoms with Crippen molar-refractivity contribution in [3.8, 4) is 0 Å². The molecule has 0 amide bonds. The van der Waals surface area contributed by atoms with Crippen molar-refractivity contribution in [3.63, 3.8) is 0 Å². The van der Waals surface area contributed by atoms with E-state index in [0.717, 1.165) is 48.8 Å². The molecule has 0 atom stereocenters. The largest absolute Gasteiger partial charge is 0.370 e. The van der Waals surface area contributed by atoms with E-state index in [1.165, 1.54) is 32.2 Å². The van der Waals surface area contributed by atoms with Crippen molar-refractivity contribution in [2.45, 2.75) is 58.4 Å². The van der Waals surface area contributed by atoms with Crippen LogP contribution in [0.25, 0.3) is 0 Å². The van der Waals surface area contributed by atoms with Gasteiger partial charge >= 0.3 is 0 Å². The zero-order valence-electron chi connectivity index (χ0n) is 12.7. The van der Waals surface area contributed by atoms with E-state index in [1.54, 1.807) is 0 Å². The third-order valence-corrected chi connectivity index (χ3v) is 4.02. The van der Waals surface area contributed by atoms with Crippen molar-refractivity contribution in [2.75, 3.05) is 23.3 Å². The van der Waals surface area contributed by atoms with Crippen LogP contribution in [0.3, 0.4) is 0 Å². The smallest absolute Gasteiger partial charge is 0.134 e. The van der Waals surface area contributed by atoms with Gasteiger partial charge in [-0.2, -0.15) is 0 Å². The van der Waals surface area contributed by atoms with Gasteiger partial charge in [0.1, 0.15) is 17.5 Å². The number of anilines is 2. The van der Waals surface area contributed by atoms with E-state index in [2.05, 4.69) is 35.1 Å². The molecule has 1 aromatic heterocycles. The lowest BCUT2D eigenvalue weighted by atomic mass is 10.3. The van der Waals surface area contributed by atoms with Crippen molar-refractivity contribution >= 4 is 11.6 Å². The summed E-state index contributed by atoms with van der Waals surface area (Å²) < 4.78 is 0. The summed E-state index contributed by atoms with van der Waals surface area (Å²) in [5, 5.41) is 3.35. The molecule has 0 radical (unpaired) electrons. The Hall–Kier alpha value is -1.32. The van der Waals surface area contributed by atoms with E-state index >= 15 is 0 Å². The number of rotatable bonds is 8. The Balaban J connectivity index is 1.83. The Labute approximate surface area is 122 Å². The molecule has 0 aromatic carbocycles. The Morgan fingerprint density at radius 2 is 2.00 bits per heavy atom. The predicted molar refractivity (Wildman–Crippen MR) is 83.3 cm³/mol. The molecule has 2 aliphatic carbocycles. The monoisotopic (exact) mass is 274 g/mol. The molecule has 0 bridgehead atoms. The highest BCUT2D eigenvalue weighted by Crippen LogP contribution is 2.37. The Morgan fingerprint density at radius 1 is 1.20 bits per heavy atom. The van der Waals surface area contributed by atoms with Crippen LogP contribution in [-0.2, 0) is 6.42 Å². The number of aromatic nitrogens is 2. The molecule has 0 aliphatic heterocycles. The van der Waals surface area contributed by atoms with E-state index in [4.69, 9.17) is 4.98 Å². The minimum absolute atomic E-state index is 0.731. The maximum Gasteiger partial charge on any atom is 0.134 e. The van der Waals surface area contributed by atoms with Crippen LogP contribution in [-0.4, -0.2) is 29.1 Å². The molecule has 3 rings (SSSR count). The first-order chi connectivity index (χ1) is 9.80. The highest BCUT2D eigenvalue weighted by Gasteiger charge is 2.34. The van der Waals surface area contributed by atoms with Gasteiger partial charge in [0.25, 0.3) is 0 Å². The van der Waals surface area contributed by atoms with Gasteiger partial charge in [-0.05, 0) is 44.9 Å². The Bertz CT molecular complexity index is 428. The normalized spacial score (nSPS) is 18.1. The van der Waals surface area contributed by atoms with Crippen molar-refractivity contribution in [2.24, 2.45) is 5.92 Å². The van der Waals surface area contributed by atoms with Gasteiger partial charge in [0.15, 0.2) is 0 Å². The van der Waals surface area contributed by atoms with E-state index in [9.17, 15) is 0 Å². The van der Waals surface area contributed by atoms with Crippen LogP contribution >= 0.6 is 0 Å². The van der Waals surface area contributed by atoms with Crippen molar-refractivity contribution in [3.05, 3.63) is 11.9 Å². The molecule has 4 nitrogen and oxygen atoms in total. The summed E-state index contributed by atoms with van der Waals surface area (Å²) in [6.45, 7) is 6.41. The van der Waals surface area contributed by atoms with Crippen LogP contribution in [0.2, 0.25) is 0 Å². The maximum absolute atomic E-state index is 4.82. The van der Waals surface area contributed by atoms with Crippen molar-refractivity contribution in [1.29, 1.82) is 0 Å². The molecule has 4 heteroatoms. The highest BCUT2D eigenvalue weighted by atomic mass is 15.2. The van der Waals surface area contributed by atoms with E-state index in [-0.39, 0.29) is 0 Å². The zero-order valence-corrected chi connectivity index (χ0v) is 12.7. The van der Waals surface area contributed by atoms with Crippen LogP contribution < -0.4 is 10.2 Å². The molecule has 20 heavy (non-hydrogen) atoms. The lowest BCUT2D eigenvalue weighted by Gasteiger charge is -2.24. The zero-order chi connectivity index (χ0) is 13.9. The van der Waals surface area contributed by atoms with Crippen molar-refractivity contribution < 1.29 is 0 Å². The van der Waals surface area contributed by atoms with Gasteiger partial charge < -0.3 is 10.2 Å². The third-order valence-electron chi connectivity index (χ3n) is 4.02. The number of aryl methyl sites for hydroxylation is 1. The van der Waals surface area contributed by atoms with Crippen LogP contribution in [0.4, 0.5) is 11.6 Å². The lowest BCUT2D eigenvalue weighted by Crippen LogP contribution is -2.29. The summed E-state index contributed by atoms with van der Waals surface area (Å²) >= 11 is 0. The molecule has 2 fully saturated rings. The second kappa shape index (κ2) is 5.98. The number of nitrogens with one attached hydrogen (secondary N) is 1. The van der Waals surface area contributed by atoms with Gasteiger partial charge in [-0.15, -0.1) is 0 Å². The molecule has 0 spiro atoms. The molecule has 1 aromatic rings. The summed E-state index contributed by atoms with van der Waals surface area (Å²) in [5.74, 6) is 4.03. The van der Waals surface area contributed by atoms with Gasteiger partial charge in [-0.3, -0.25) is 0 Å². The Morgan fingerprint density at radius 3 is 2.60 bits per heavy atom. The molecular formula is C16H26N4. The number of hydrogen-bond acceptors (Lipinski definition) is 4. The molecule has 110 valence electrons. The fourth-order valence-corrected chi connectivity index (χ4v) is 2.63. The summed E-state index contributed by atoms with van der Waals surface area (Å²) in [6, 6.07) is 2.87. The first kappa shape index (κ1) is 13.7. The van der Waals surface area contributed by atoms with E-state index < -0.39 is 0 Å². The van der Waals surface area contributed by atoms with Crippen LogP contribution in [0.15, 0.2) is 6.07 Å². The number of nitrogens with zero attached hydrogens (tertiary/aromatic N) is 3. The summed E-state index contributed by atoms with van der Waals surface area (Å²) in [7, 11) is 0. The molecule has 2 saturated carbocycles. The fraction of sp³-hybridized carbons (Fsp3) is 0.750. The van der Waals surface area contributed by atoms with Crippen LogP contribution in [0.5, 0.6) is 0 Å².